The van der Waals surface area contributed by atoms with Crippen molar-refractivity contribution in [2.45, 2.75) is 37.0 Å². The molecule has 10 aromatic rings. The summed E-state index contributed by atoms with van der Waals surface area (Å²) in [4.78, 5) is 2.53. The lowest BCUT2D eigenvalue weighted by molar-refractivity contribution is 0.660. The monoisotopic (exact) mass is 855 g/mol. The Morgan fingerprint density at radius 1 is 0.299 bits per heavy atom. The number of benzene rings is 10. The highest BCUT2D eigenvalue weighted by atomic mass is 15.1. The third kappa shape index (κ3) is 5.55. The molecular formula is C66H49N. The Kier molecular flexibility index (Phi) is 8.67. The van der Waals surface area contributed by atoms with Gasteiger partial charge in [0.1, 0.15) is 0 Å². The van der Waals surface area contributed by atoms with Gasteiger partial charge in [0, 0.05) is 27.8 Å². The summed E-state index contributed by atoms with van der Waals surface area (Å²) in [5, 5.41) is 0. The van der Waals surface area contributed by atoms with Gasteiger partial charge in [-0.05, 0) is 126 Å². The summed E-state index contributed by atoms with van der Waals surface area (Å²) in [5.74, 6) is 0. The molecule has 3 aliphatic carbocycles. The molecule has 318 valence electrons. The van der Waals surface area contributed by atoms with Crippen LogP contribution >= 0.6 is 0 Å². The van der Waals surface area contributed by atoms with Crippen LogP contribution in [0.2, 0.25) is 0 Å². The van der Waals surface area contributed by atoms with Crippen LogP contribution in [0, 0.1) is 0 Å². The van der Waals surface area contributed by atoms with Crippen LogP contribution in [0.1, 0.15) is 70.8 Å². The van der Waals surface area contributed by atoms with Crippen LogP contribution < -0.4 is 4.90 Å². The minimum absolute atomic E-state index is 0.158. The number of hydrogen-bond donors (Lipinski definition) is 0. The Labute approximate surface area is 394 Å². The summed E-state index contributed by atoms with van der Waals surface area (Å²) in [6, 6.07) is 90.9. The second-order valence-electron chi connectivity index (χ2n) is 19.3. The van der Waals surface area contributed by atoms with Crippen molar-refractivity contribution in [1.82, 2.24) is 0 Å². The molecule has 0 radical (unpaired) electrons. The van der Waals surface area contributed by atoms with Crippen LogP contribution in [0.5, 0.6) is 0 Å². The predicted molar refractivity (Wildman–Crippen MR) is 279 cm³/mol. The minimum atomic E-state index is -0.516. The number of fused-ring (bicyclic) bond motifs is 9. The van der Waals surface area contributed by atoms with Gasteiger partial charge < -0.3 is 4.90 Å². The molecule has 0 amide bonds. The molecule has 0 saturated carbocycles. The molecule has 0 N–H and O–H groups in total. The first-order valence-electron chi connectivity index (χ1n) is 23.7. The molecule has 0 saturated heterocycles. The minimum Gasteiger partial charge on any atom is -0.310 e. The van der Waals surface area contributed by atoms with Crippen LogP contribution in [-0.2, 0) is 16.2 Å². The third-order valence-corrected chi connectivity index (χ3v) is 15.6. The Morgan fingerprint density at radius 3 is 1.43 bits per heavy atom. The lowest BCUT2D eigenvalue weighted by Gasteiger charge is -2.34. The maximum atomic E-state index is 2.53. The van der Waals surface area contributed by atoms with Gasteiger partial charge in [-0.1, -0.05) is 226 Å². The molecule has 0 bridgehead atoms. The van der Waals surface area contributed by atoms with E-state index >= 15 is 0 Å². The number of rotatable bonds is 7. The summed E-state index contributed by atoms with van der Waals surface area (Å²) in [6.07, 6.45) is 0. The van der Waals surface area contributed by atoms with E-state index < -0.39 is 5.41 Å². The summed E-state index contributed by atoms with van der Waals surface area (Å²) < 4.78 is 0. The van der Waals surface area contributed by atoms with E-state index in [4.69, 9.17) is 0 Å². The molecular weight excluding hydrogens is 807 g/mol. The van der Waals surface area contributed by atoms with Crippen LogP contribution in [-0.4, -0.2) is 0 Å². The molecule has 10 aromatic carbocycles. The fourth-order valence-corrected chi connectivity index (χ4v) is 12.5. The number of nitrogens with zero attached hydrogens (tertiary/aromatic N) is 1. The Bertz CT molecular complexity index is 3470. The highest BCUT2D eigenvalue weighted by molar-refractivity contribution is 5.98. The van der Waals surface area contributed by atoms with Gasteiger partial charge in [-0.15, -0.1) is 0 Å². The molecule has 0 unspecified atom stereocenters. The van der Waals surface area contributed by atoms with Gasteiger partial charge in [-0.3, -0.25) is 0 Å². The van der Waals surface area contributed by atoms with E-state index in [-0.39, 0.29) is 10.8 Å². The average Bonchev–Trinajstić information content (AvgIpc) is 3.94. The zero-order valence-electron chi connectivity index (χ0n) is 38.0. The van der Waals surface area contributed by atoms with Crippen molar-refractivity contribution in [3.8, 4) is 44.5 Å². The van der Waals surface area contributed by atoms with Crippen LogP contribution in [0.15, 0.2) is 243 Å². The second-order valence-corrected chi connectivity index (χ2v) is 19.3. The molecule has 1 nitrogen and oxygen atoms in total. The molecule has 3 aliphatic rings. The lowest BCUT2D eigenvalue weighted by atomic mass is 9.68. The molecule has 0 fully saturated rings. The van der Waals surface area contributed by atoms with Crippen molar-refractivity contribution in [1.29, 1.82) is 0 Å². The van der Waals surface area contributed by atoms with Gasteiger partial charge in [-0.25, -0.2) is 0 Å². The van der Waals surface area contributed by atoms with Crippen LogP contribution in [0.4, 0.5) is 17.1 Å². The van der Waals surface area contributed by atoms with E-state index in [0.29, 0.717) is 0 Å². The summed E-state index contributed by atoms with van der Waals surface area (Å²) >= 11 is 0. The number of hydrogen-bond acceptors (Lipinski definition) is 1. The molecule has 0 atom stereocenters. The van der Waals surface area contributed by atoms with Crippen LogP contribution in [0.3, 0.4) is 0 Å². The summed E-state index contributed by atoms with van der Waals surface area (Å²) in [7, 11) is 0. The Hall–Kier alpha value is -8.00. The maximum absolute atomic E-state index is 2.53. The predicted octanol–water partition coefficient (Wildman–Crippen LogP) is 16.8. The lowest BCUT2D eigenvalue weighted by Crippen LogP contribution is -2.28. The van der Waals surface area contributed by atoms with Gasteiger partial charge in [0.25, 0.3) is 0 Å². The second kappa shape index (κ2) is 14.8. The first kappa shape index (κ1) is 39.4. The van der Waals surface area contributed by atoms with Gasteiger partial charge in [0.2, 0.25) is 0 Å². The molecule has 0 heterocycles. The van der Waals surface area contributed by atoms with Gasteiger partial charge >= 0.3 is 0 Å². The van der Waals surface area contributed by atoms with E-state index in [0.717, 1.165) is 17.1 Å². The quantitative estimate of drug-likeness (QED) is 0.154. The Balaban J connectivity index is 1.01. The van der Waals surface area contributed by atoms with Gasteiger partial charge in [-0.2, -0.15) is 0 Å². The normalized spacial score (nSPS) is 14.9. The van der Waals surface area contributed by atoms with Crippen molar-refractivity contribution in [2.24, 2.45) is 0 Å². The van der Waals surface area contributed by atoms with Crippen molar-refractivity contribution in [3.63, 3.8) is 0 Å². The average molecular weight is 856 g/mol. The van der Waals surface area contributed by atoms with Gasteiger partial charge in [0.15, 0.2) is 0 Å². The van der Waals surface area contributed by atoms with Crippen molar-refractivity contribution in [2.75, 3.05) is 4.90 Å². The smallest absolute Gasteiger partial charge is 0.0714 e. The van der Waals surface area contributed by atoms with Crippen molar-refractivity contribution in [3.05, 3.63) is 293 Å². The van der Waals surface area contributed by atoms with E-state index in [1.165, 1.54) is 94.6 Å². The van der Waals surface area contributed by atoms with E-state index in [1.807, 2.05) is 0 Å². The van der Waals surface area contributed by atoms with E-state index in [2.05, 4.69) is 268 Å². The zero-order chi connectivity index (χ0) is 44.9. The largest absolute Gasteiger partial charge is 0.310 e. The van der Waals surface area contributed by atoms with E-state index in [1.54, 1.807) is 0 Å². The van der Waals surface area contributed by atoms with Gasteiger partial charge in [0.05, 0.1) is 11.1 Å². The first-order valence-corrected chi connectivity index (χ1v) is 23.7. The molecule has 0 aromatic heterocycles. The standard InChI is InChI=1S/C66H49N/c1-64(2)56-30-14-10-26-51(56)54-41-40-50(43-61(54)64)67(62-35-19-34-60-63(62)55-29-13-17-33-59(55)66(60,47-21-6-4-7-22-47)48-23-8-5-9-24-48)49-25-18-20-45(42-49)44-36-38-46(39-37-44)65(3)57-31-15-11-27-52(57)53-28-12-16-32-58(53)65/h4-43H,1-3H3. The van der Waals surface area contributed by atoms with Crippen molar-refractivity contribution >= 4 is 17.1 Å². The summed E-state index contributed by atoms with van der Waals surface area (Å²) in [6.45, 7) is 7.15. The molecule has 0 spiro atoms. The topological polar surface area (TPSA) is 3.24 Å². The molecule has 67 heavy (non-hydrogen) atoms. The highest BCUT2D eigenvalue weighted by Gasteiger charge is 2.48. The van der Waals surface area contributed by atoms with E-state index in [9.17, 15) is 0 Å². The SMILES string of the molecule is CC1(C)c2ccccc2-c2ccc(N(c3cccc(-c4ccc(C5(C)c6ccccc6-c6ccccc65)cc4)c3)c3cccc4c3-c3ccccc3C4(c3ccccc3)c3ccccc3)cc21. The van der Waals surface area contributed by atoms with Crippen LogP contribution in [0.25, 0.3) is 44.5 Å². The molecule has 13 rings (SSSR count). The fourth-order valence-electron chi connectivity index (χ4n) is 12.5. The fraction of sp³-hybridized carbons (Fsp3) is 0.0909. The Morgan fingerprint density at radius 2 is 0.791 bits per heavy atom. The molecule has 1 heteroatoms. The first-order chi connectivity index (χ1) is 32.9. The molecule has 0 aliphatic heterocycles. The maximum Gasteiger partial charge on any atom is 0.0714 e. The third-order valence-electron chi connectivity index (χ3n) is 15.6. The zero-order valence-corrected chi connectivity index (χ0v) is 38.0. The summed E-state index contributed by atoms with van der Waals surface area (Å²) in [5.41, 5.74) is 24.5. The van der Waals surface area contributed by atoms with Crippen molar-refractivity contribution < 1.29 is 0 Å². The highest BCUT2D eigenvalue weighted by Crippen LogP contribution is 2.60. The number of anilines is 3.